The fraction of sp³-hybridized carbons (Fsp3) is 0.0769. The quantitative estimate of drug-likeness (QED) is 0.421. The van der Waals surface area contributed by atoms with Gasteiger partial charge >= 0.3 is 0 Å². The van der Waals surface area contributed by atoms with Crippen molar-refractivity contribution in [3.8, 4) is 0 Å². The van der Waals surface area contributed by atoms with Gasteiger partial charge in [-0.3, -0.25) is 10.1 Å². The second-order valence-electron chi connectivity index (χ2n) is 4.03. The topological polar surface area (TPSA) is 55.2 Å². The van der Waals surface area contributed by atoms with E-state index < -0.39 is 0 Å². The Balaban J connectivity index is 2.31. The third-order valence-electron chi connectivity index (χ3n) is 2.55. The van der Waals surface area contributed by atoms with Crippen molar-refractivity contribution in [2.45, 2.75) is 6.92 Å². The van der Waals surface area contributed by atoms with Crippen molar-refractivity contribution in [3.05, 3.63) is 60.1 Å². The molecule has 1 N–H and O–H groups in total. The first-order valence-corrected chi connectivity index (χ1v) is 7.31. The van der Waals surface area contributed by atoms with E-state index >= 15 is 0 Å². The Morgan fingerprint density at radius 1 is 1.26 bits per heavy atom. The van der Waals surface area contributed by atoms with E-state index in [4.69, 9.17) is 0 Å². The number of aryl methyl sites for hydroxylation is 1. The van der Waals surface area contributed by atoms with Crippen LogP contribution < -0.4 is 5.32 Å². The van der Waals surface area contributed by atoms with Crippen LogP contribution in [0.15, 0.2) is 40.9 Å². The Hall–Kier alpha value is -1.15. The average Bonchev–Trinajstić information content (AvgIpc) is 2.33. The van der Waals surface area contributed by atoms with Crippen molar-refractivity contribution in [1.29, 1.82) is 0 Å². The van der Waals surface area contributed by atoms with Crippen LogP contribution in [0.25, 0.3) is 0 Å². The first-order valence-electron chi connectivity index (χ1n) is 5.44. The normalized spacial score (nSPS) is 10.3. The van der Waals surface area contributed by atoms with Gasteiger partial charge in [-0.1, -0.05) is 6.07 Å². The van der Waals surface area contributed by atoms with Gasteiger partial charge in [0.1, 0.15) is 0 Å². The molecule has 6 heteroatoms. The number of rotatable bonds is 3. The van der Waals surface area contributed by atoms with Crippen LogP contribution in [0, 0.1) is 20.6 Å². The van der Waals surface area contributed by atoms with E-state index in [0.29, 0.717) is 3.57 Å². The van der Waals surface area contributed by atoms with Gasteiger partial charge in [-0.15, -0.1) is 0 Å². The van der Waals surface area contributed by atoms with Crippen LogP contribution in [-0.2, 0) is 0 Å². The molecule has 98 valence electrons. The second kappa shape index (κ2) is 5.87. The number of anilines is 2. The van der Waals surface area contributed by atoms with Crippen molar-refractivity contribution < 1.29 is 4.92 Å². The van der Waals surface area contributed by atoms with Gasteiger partial charge in [-0.25, -0.2) is 0 Å². The maximum Gasteiger partial charge on any atom is 0.282 e. The molecular weight excluding hydrogens is 423 g/mol. The molecule has 0 aliphatic rings. The lowest BCUT2D eigenvalue weighted by molar-refractivity contribution is -0.385. The van der Waals surface area contributed by atoms with E-state index in [0.717, 1.165) is 21.4 Å². The molecule has 0 aromatic heterocycles. The zero-order valence-corrected chi connectivity index (χ0v) is 13.7. The zero-order chi connectivity index (χ0) is 14.0. The molecular formula is C13H10BrIN2O2. The number of hydrogen-bond acceptors (Lipinski definition) is 3. The van der Waals surface area contributed by atoms with Crippen molar-refractivity contribution in [3.63, 3.8) is 0 Å². The van der Waals surface area contributed by atoms with E-state index in [2.05, 4.69) is 21.2 Å². The Morgan fingerprint density at radius 3 is 2.63 bits per heavy atom. The molecule has 0 unspecified atom stereocenters. The number of halogens is 2. The first-order chi connectivity index (χ1) is 8.97. The molecule has 2 aromatic rings. The Kier molecular flexibility index (Phi) is 4.41. The molecule has 0 saturated heterocycles. The van der Waals surface area contributed by atoms with Gasteiger partial charge in [-0.2, -0.15) is 0 Å². The standard InChI is InChI=1S/C13H10BrIN2O2/c1-8-2-4-10(14)12(6-8)16-9-3-5-13(17(18)19)11(15)7-9/h2-7,16H,1H3. The first kappa shape index (κ1) is 14.3. The average molecular weight is 433 g/mol. The van der Waals surface area contributed by atoms with Gasteiger partial charge in [0.05, 0.1) is 14.2 Å². The third kappa shape index (κ3) is 3.44. The molecule has 2 rings (SSSR count). The van der Waals surface area contributed by atoms with Gasteiger partial charge in [0.15, 0.2) is 0 Å². The monoisotopic (exact) mass is 432 g/mol. The smallest absolute Gasteiger partial charge is 0.282 e. The summed E-state index contributed by atoms with van der Waals surface area (Å²) in [6.07, 6.45) is 0. The van der Waals surface area contributed by atoms with E-state index in [-0.39, 0.29) is 10.6 Å². The summed E-state index contributed by atoms with van der Waals surface area (Å²) in [6.45, 7) is 2.01. The molecule has 0 spiro atoms. The summed E-state index contributed by atoms with van der Waals surface area (Å²) in [4.78, 5) is 10.4. The molecule has 0 aliphatic carbocycles. The second-order valence-corrected chi connectivity index (χ2v) is 6.05. The lowest BCUT2D eigenvalue weighted by Gasteiger charge is -2.10. The minimum absolute atomic E-state index is 0.120. The Labute approximate surface area is 132 Å². The Bertz CT molecular complexity index is 647. The van der Waals surface area contributed by atoms with Crippen LogP contribution in [-0.4, -0.2) is 4.92 Å². The summed E-state index contributed by atoms with van der Waals surface area (Å²) < 4.78 is 1.56. The molecule has 0 saturated carbocycles. The van der Waals surface area contributed by atoms with E-state index in [1.807, 2.05) is 47.7 Å². The highest BCUT2D eigenvalue weighted by atomic mass is 127. The predicted molar refractivity (Wildman–Crippen MR) is 88.0 cm³/mol. The van der Waals surface area contributed by atoms with Gasteiger partial charge in [0.2, 0.25) is 0 Å². The maximum absolute atomic E-state index is 10.8. The third-order valence-corrected chi connectivity index (χ3v) is 4.10. The fourth-order valence-corrected chi connectivity index (χ4v) is 2.68. The van der Waals surface area contributed by atoms with Crippen LogP contribution in [0.2, 0.25) is 0 Å². The van der Waals surface area contributed by atoms with Gasteiger partial charge in [0.25, 0.3) is 5.69 Å². The molecule has 0 atom stereocenters. The summed E-state index contributed by atoms with van der Waals surface area (Å²) in [6, 6.07) is 11.0. The van der Waals surface area contributed by atoms with Crippen LogP contribution in [0.4, 0.5) is 17.1 Å². The highest BCUT2D eigenvalue weighted by molar-refractivity contribution is 14.1. The number of benzene rings is 2. The van der Waals surface area contributed by atoms with Gasteiger partial charge in [0, 0.05) is 16.2 Å². The number of hydrogen-bond donors (Lipinski definition) is 1. The number of nitro benzene ring substituents is 1. The summed E-state index contributed by atoms with van der Waals surface area (Å²) >= 11 is 5.44. The van der Waals surface area contributed by atoms with Gasteiger partial charge in [-0.05, 0) is 75.3 Å². The molecule has 0 heterocycles. The summed E-state index contributed by atoms with van der Waals surface area (Å²) in [7, 11) is 0. The minimum atomic E-state index is -0.381. The molecule has 0 aliphatic heterocycles. The Morgan fingerprint density at radius 2 is 2.00 bits per heavy atom. The highest BCUT2D eigenvalue weighted by Crippen LogP contribution is 2.30. The number of nitrogens with one attached hydrogen (secondary N) is 1. The molecule has 4 nitrogen and oxygen atoms in total. The van der Waals surface area contributed by atoms with Crippen molar-refractivity contribution in [1.82, 2.24) is 0 Å². The fourth-order valence-electron chi connectivity index (χ4n) is 1.62. The summed E-state index contributed by atoms with van der Waals surface area (Å²) in [5.74, 6) is 0. The van der Waals surface area contributed by atoms with E-state index in [9.17, 15) is 10.1 Å². The van der Waals surface area contributed by atoms with Crippen LogP contribution in [0.3, 0.4) is 0 Å². The van der Waals surface area contributed by atoms with Crippen LogP contribution >= 0.6 is 38.5 Å². The predicted octanol–water partition coefficient (Wildman–Crippen LogP) is 5.01. The maximum atomic E-state index is 10.8. The number of nitro groups is 1. The molecule has 0 fully saturated rings. The van der Waals surface area contributed by atoms with Crippen molar-refractivity contribution in [2.75, 3.05) is 5.32 Å². The van der Waals surface area contributed by atoms with E-state index in [1.54, 1.807) is 12.1 Å². The highest BCUT2D eigenvalue weighted by Gasteiger charge is 2.12. The molecule has 0 amide bonds. The SMILES string of the molecule is Cc1ccc(Br)c(Nc2ccc([N+](=O)[O-])c(I)c2)c1. The van der Waals surface area contributed by atoms with Gasteiger partial charge < -0.3 is 5.32 Å². The van der Waals surface area contributed by atoms with Crippen LogP contribution in [0.1, 0.15) is 5.56 Å². The summed E-state index contributed by atoms with van der Waals surface area (Å²) in [5, 5.41) is 14.0. The largest absolute Gasteiger partial charge is 0.355 e. The van der Waals surface area contributed by atoms with Crippen molar-refractivity contribution >= 4 is 55.6 Å². The summed E-state index contributed by atoms with van der Waals surface area (Å²) in [5.41, 5.74) is 3.02. The number of nitrogens with zero attached hydrogens (tertiary/aromatic N) is 1. The molecule has 0 bridgehead atoms. The molecule has 2 aromatic carbocycles. The zero-order valence-electron chi connectivity index (χ0n) is 9.98. The van der Waals surface area contributed by atoms with Crippen molar-refractivity contribution in [2.24, 2.45) is 0 Å². The lowest BCUT2D eigenvalue weighted by atomic mass is 10.2. The minimum Gasteiger partial charge on any atom is -0.355 e. The van der Waals surface area contributed by atoms with E-state index in [1.165, 1.54) is 6.07 Å². The van der Waals surface area contributed by atoms with Crippen LogP contribution in [0.5, 0.6) is 0 Å². The molecule has 19 heavy (non-hydrogen) atoms. The molecule has 0 radical (unpaired) electrons. The lowest BCUT2D eigenvalue weighted by Crippen LogP contribution is -1.95.